The second-order valence-electron chi connectivity index (χ2n) is 10.3. The number of hydrogen-bond donors (Lipinski definition) is 0. The second-order valence-corrected chi connectivity index (χ2v) is 11.2. The topological polar surface area (TPSA) is 48.0 Å². The lowest BCUT2D eigenvalue weighted by Gasteiger charge is -2.54. The maximum atomic E-state index is 13.5. The molecule has 3 aromatic carbocycles. The molecule has 3 aromatic rings. The Balaban J connectivity index is 1.91. The van der Waals surface area contributed by atoms with E-state index in [1.54, 1.807) is 19.1 Å². The molecule has 4 rings (SSSR count). The van der Waals surface area contributed by atoms with Crippen LogP contribution in [-0.2, 0) is 14.2 Å². The Labute approximate surface area is 216 Å². The summed E-state index contributed by atoms with van der Waals surface area (Å²) in [6.07, 6.45) is -0.674. The Hall–Kier alpha value is -2.41. The van der Waals surface area contributed by atoms with Gasteiger partial charge in [0, 0.05) is 30.5 Å². The molecular formula is C29H34BrNO4. The molecule has 1 fully saturated rings. The van der Waals surface area contributed by atoms with Gasteiger partial charge in [-0.05, 0) is 61.7 Å². The van der Waals surface area contributed by atoms with Crippen molar-refractivity contribution in [2.45, 2.75) is 57.0 Å². The van der Waals surface area contributed by atoms with E-state index in [-0.39, 0.29) is 17.9 Å². The number of ether oxygens (including phenoxy) is 3. The van der Waals surface area contributed by atoms with Crippen LogP contribution < -0.4 is 0 Å². The van der Waals surface area contributed by atoms with Crippen LogP contribution in [0.1, 0.15) is 50.7 Å². The van der Waals surface area contributed by atoms with Crippen molar-refractivity contribution in [1.29, 1.82) is 0 Å². The van der Waals surface area contributed by atoms with Gasteiger partial charge in [0.2, 0.25) is 0 Å². The normalized spacial score (nSPS) is 25.0. The number of rotatable bonds is 4. The Morgan fingerprint density at radius 3 is 2.20 bits per heavy atom. The quantitative estimate of drug-likeness (QED) is 0.354. The molecule has 6 heteroatoms. The minimum atomic E-state index is -0.975. The van der Waals surface area contributed by atoms with Crippen molar-refractivity contribution in [3.63, 3.8) is 0 Å². The molecule has 0 N–H and O–H groups in total. The van der Waals surface area contributed by atoms with Gasteiger partial charge in [-0.2, -0.15) is 0 Å². The molecule has 4 unspecified atom stereocenters. The standard InChI is InChI=1S/C29H34BrNO4/c1-28(2,3)35-27(32)31-18-24(33-5)25(20-13-15-23(30)16-14-20)26(29(31,4)34-6)22-12-11-19-9-7-8-10-21(19)17-22/h7-17,24-26H,18H2,1-6H3. The maximum Gasteiger partial charge on any atom is 0.412 e. The summed E-state index contributed by atoms with van der Waals surface area (Å²) >= 11 is 3.56. The first-order chi connectivity index (χ1) is 16.6. The number of hydrogen-bond acceptors (Lipinski definition) is 4. The summed E-state index contributed by atoms with van der Waals surface area (Å²) in [4.78, 5) is 15.2. The number of carbonyl (C=O) groups excluding carboxylic acids is 1. The maximum absolute atomic E-state index is 13.5. The van der Waals surface area contributed by atoms with E-state index in [2.05, 4.69) is 58.4 Å². The van der Waals surface area contributed by atoms with Crippen molar-refractivity contribution in [2.24, 2.45) is 0 Å². The average molecular weight is 540 g/mol. The molecule has 1 amide bonds. The average Bonchev–Trinajstić information content (AvgIpc) is 2.82. The number of likely N-dealkylation sites (tertiary alicyclic amines) is 1. The Morgan fingerprint density at radius 1 is 0.971 bits per heavy atom. The van der Waals surface area contributed by atoms with Gasteiger partial charge in [-0.1, -0.05) is 70.5 Å². The molecule has 5 nitrogen and oxygen atoms in total. The number of methoxy groups -OCH3 is 2. The molecule has 0 saturated carbocycles. The van der Waals surface area contributed by atoms with Crippen molar-refractivity contribution >= 4 is 32.8 Å². The third-order valence-corrected chi connectivity index (χ3v) is 7.48. The van der Waals surface area contributed by atoms with E-state index in [4.69, 9.17) is 14.2 Å². The van der Waals surface area contributed by atoms with Crippen molar-refractivity contribution < 1.29 is 19.0 Å². The minimum Gasteiger partial charge on any atom is -0.444 e. The van der Waals surface area contributed by atoms with Crippen LogP contribution in [0.15, 0.2) is 71.2 Å². The van der Waals surface area contributed by atoms with Gasteiger partial charge in [-0.15, -0.1) is 0 Å². The Morgan fingerprint density at radius 2 is 1.60 bits per heavy atom. The van der Waals surface area contributed by atoms with Crippen LogP contribution in [0.4, 0.5) is 4.79 Å². The molecule has 186 valence electrons. The number of piperidine rings is 1. The van der Waals surface area contributed by atoms with E-state index in [0.717, 1.165) is 21.0 Å². The lowest BCUT2D eigenvalue weighted by Crippen LogP contribution is -2.64. The molecule has 0 aromatic heterocycles. The van der Waals surface area contributed by atoms with Gasteiger partial charge in [-0.25, -0.2) is 4.79 Å². The van der Waals surface area contributed by atoms with Crippen LogP contribution in [0.3, 0.4) is 0 Å². The van der Waals surface area contributed by atoms with Crippen molar-refractivity contribution in [2.75, 3.05) is 20.8 Å². The van der Waals surface area contributed by atoms with E-state index in [0.29, 0.717) is 6.54 Å². The van der Waals surface area contributed by atoms with Gasteiger partial charge in [0.05, 0.1) is 12.6 Å². The van der Waals surface area contributed by atoms with Crippen LogP contribution in [0.25, 0.3) is 10.8 Å². The first kappa shape index (κ1) is 25.7. The van der Waals surface area contributed by atoms with Crippen LogP contribution in [0, 0.1) is 0 Å². The SMILES string of the molecule is COC1CN(C(=O)OC(C)(C)C)C(C)(OC)C(c2ccc3ccccc3c2)C1c1ccc(Br)cc1. The molecule has 1 aliphatic heterocycles. The summed E-state index contributed by atoms with van der Waals surface area (Å²) in [7, 11) is 3.37. The molecule has 0 radical (unpaired) electrons. The predicted molar refractivity (Wildman–Crippen MR) is 143 cm³/mol. The molecule has 1 heterocycles. The Bertz CT molecular complexity index is 1190. The first-order valence-electron chi connectivity index (χ1n) is 11.9. The summed E-state index contributed by atoms with van der Waals surface area (Å²) in [6.45, 7) is 7.95. The predicted octanol–water partition coefficient (Wildman–Crippen LogP) is 7.10. The zero-order valence-corrected chi connectivity index (χ0v) is 22.8. The number of fused-ring (bicyclic) bond motifs is 1. The van der Waals surface area contributed by atoms with Crippen LogP contribution >= 0.6 is 15.9 Å². The van der Waals surface area contributed by atoms with Crippen molar-refractivity contribution in [3.8, 4) is 0 Å². The number of carbonyl (C=O) groups is 1. The summed E-state index contributed by atoms with van der Waals surface area (Å²) < 4.78 is 19.1. The highest BCUT2D eigenvalue weighted by molar-refractivity contribution is 9.10. The van der Waals surface area contributed by atoms with Crippen LogP contribution in [0.5, 0.6) is 0 Å². The highest BCUT2D eigenvalue weighted by Crippen LogP contribution is 2.51. The summed E-state index contributed by atoms with van der Waals surface area (Å²) in [5.41, 5.74) is 0.606. The number of amides is 1. The molecule has 1 aliphatic rings. The number of halogens is 1. The zero-order chi connectivity index (χ0) is 25.4. The smallest absolute Gasteiger partial charge is 0.412 e. The molecule has 1 saturated heterocycles. The molecule has 0 spiro atoms. The summed E-state index contributed by atoms with van der Waals surface area (Å²) in [6, 6.07) is 23.1. The first-order valence-corrected chi connectivity index (χ1v) is 12.7. The summed E-state index contributed by atoms with van der Waals surface area (Å²) in [5.74, 6) is -0.276. The van der Waals surface area contributed by atoms with E-state index < -0.39 is 17.4 Å². The largest absolute Gasteiger partial charge is 0.444 e. The molecule has 0 bridgehead atoms. The van der Waals surface area contributed by atoms with Gasteiger partial charge in [-0.3, -0.25) is 4.90 Å². The van der Waals surface area contributed by atoms with Gasteiger partial charge in [0.25, 0.3) is 0 Å². The lowest BCUT2D eigenvalue weighted by molar-refractivity contribution is -0.180. The van der Waals surface area contributed by atoms with E-state index in [9.17, 15) is 4.79 Å². The van der Waals surface area contributed by atoms with Gasteiger partial charge in [0.1, 0.15) is 5.60 Å². The lowest BCUT2D eigenvalue weighted by atomic mass is 9.69. The second kappa shape index (κ2) is 9.92. The number of benzene rings is 3. The van der Waals surface area contributed by atoms with Crippen molar-refractivity contribution in [3.05, 3.63) is 82.3 Å². The molecular weight excluding hydrogens is 506 g/mol. The minimum absolute atomic E-state index is 0.0575. The Kier molecular flexibility index (Phi) is 7.28. The fourth-order valence-corrected chi connectivity index (χ4v) is 5.50. The van der Waals surface area contributed by atoms with Crippen LogP contribution in [0.2, 0.25) is 0 Å². The highest BCUT2D eigenvalue weighted by atomic mass is 79.9. The van der Waals surface area contributed by atoms with Crippen LogP contribution in [-0.4, -0.2) is 49.2 Å². The molecule has 35 heavy (non-hydrogen) atoms. The third-order valence-electron chi connectivity index (χ3n) is 6.95. The molecule has 0 aliphatic carbocycles. The van der Waals surface area contributed by atoms with E-state index in [1.165, 1.54) is 5.39 Å². The molecule has 4 atom stereocenters. The van der Waals surface area contributed by atoms with E-state index >= 15 is 0 Å². The monoisotopic (exact) mass is 539 g/mol. The van der Waals surface area contributed by atoms with Crippen molar-refractivity contribution in [1.82, 2.24) is 4.90 Å². The number of nitrogens with zero attached hydrogens (tertiary/aromatic N) is 1. The summed E-state index contributed by atoms with van der Waals surface area (Å²) in [5, 5.41) is 2.31. The highest BCUT2D eigenvalue weighted by Gasteiger charge is 2.55. The van der Waals surface area contributed by atoms with E-state index in [1.807, 2.05) is 52.0 Å². The third kappa shape index (κ3) is 5.11. The van der Waals surface area contributed by atoms with Gasteiger partial charge < -0.3 is 14.2 Å². The zero-order valence-electron chi connectivity index (χ0n) is 21.2. The van der Waals surface area contributed by atoms with Gasteiger partial charge in [0.15, 0.2) is 5.72 Å². The fraction of sp³-hybridized carbons (Fsp3) is 0.414. The fourth-order valence-electron chi connectivity index (χ4n) is 5.23. The van der Waals surface area contributed by atoms with Gasteiger partial charge >= 0.3 is 6.09 Å².